The molecule has 4 aliphatic carbocycles. The molecule has 10 atom stereocenters. The smallest absolute Gasteiger partial charge is 0.302 e. The van der Waals surface area contributed by atoms with Crippen molar-refractivity contribution in [2.45, 2.75) is 143 Å². The van der Waals surface area contributed by atoms with Crippen LogP contribution < -0.4 is 0 Å². The van der Waals surface area contributed by atoms with Crippen LogP contribution in [0, 0.1) is 46.3 Å². The van der Waals surface area contributed by atoms with E-state index in [-0.39, 0.29) is 23.4 Å². The molecule has 0 aromatic rings. The number of fused-ring (bicyclic) bond motifs is 5. The zero-order valence-corrected chi connectivity index (χ0v) is 23.7. The summed E-state index contributed by atoms with van der Waals surface area (Å²) in [5, 5.41) is 22.4. The predicted octanol–water partition coefficient (Wildman–Crippen LogP) is 6.91. The number of aliphatic hydroxyl groups is 2. The molecule has 0 unspecified atom stereocenters. The molecule has 2 N–H and O–H groups in total. The maximum atomic E-state index is 11.8. The highest BCUT2D eigenvalue weighted by Crippen LogP contribution is 2.68. The number of carbonyl (C=O) groups excluding carboxylic acids is 1. The Balaban J connectivity index is 1.46. The van der Waals surface area contributed by atoms with Crippen molar-refractivity contribution < 1.29 is 19.7 Å². The molecule has 0 radical (unpaired) electrons. The summed E-state index contributed by atoms with van der Waals surface area (Å²) in [5.74, 6) is 3.41. The maximum absolute atomic E-state index is 11.8. The van der Waals surface area contributed by atoms with Crippen molar-refractivity contribution in [2.75, 3.05) is 0 Å². The fourth-order valence-electron chi connectivity index (χ4n) is 10.3. The number of hydrogen-bond donors (Lipinski definition) is 2. The van der Waals surface area contributed by atoms with Crippen molar-refractivity contribution >= 4 is 5.97 Å². The SMILES string of the molecule is CC[C@H](CC[C@](C)(O)[C@H]1CC[C@H]2[C@@H]3CC[C@H]4C[C@@H](OC(C)=O)CC[C@]4(C)[C@H]3CC[C@@]21C)C(C)(C)O. The Morgan fingerprint density at radius 3 is 2.26 bits per heavy atom. The van der Waals surface area contributed by atoms with Crippen LogP contribution in [0.15, 0.2) is 0 Å². The molecular formula is C31H54O4. The van der Waals surface area contributed by atoms with Crippen LogP contribution in [0.4, 0.5) is 0 Å². The van der Waals surface area contributed by atoms with Gasteiger partial charge in [-0.25, -0.2) is 0 Å². The number of carbonyl (C=O) groups is 1. The van der Waals surface area contributed by atoms with Gasteiger partial charge in [-0.15, -0.1) is 0 Å². The van der Waals surface area contributed by atoms with E-state index in [1.807, 2.05) is 13.8 Å². The summed E-state index contributed by atoms with van der Waals surface area (Å²) in [6.07, 6.45) is 13.5. The van der Waals surface area contributed by atoms with Gasteiger partial charge in [0.25, 0.3) is 0 Å². The first-order chi connectivity index (χ1) is 16.2. The third-order valence-electron chi connectivity index (χ3n) is 12.2. The first kappa shape index (κ1) is 27.4. The largest absolute Gasteiger partial charge is 0.463 e. The minimum absolute atomic E-state index is 0.123. The van der Waals surface area contributed by atoms with E-state index in [9.17, 15) is 15.0 Å². The van der Waals surface area contributed by atoms with E-state index in [4.69, 9.17) is 4.74 Å². The minimum Gasteiger partial charge on any atom is -0.463 e. The summed E-state index contributed by atoms with van der Waals surface area (Å²) in [7, 11) is 0. The third-order valence-corrected chi connectivity index (χ3v) is 12.2. The lowest BCUT2D eigenvalue weighted by atomic mass is 9.44. The number of esters is 1. The second kappa shape index (κ2) is 9.61. The normalized spacial score (nSPS) is 43.9. The average molecular weight is 491 g/mol. The van der Waals surface area contributed by atoms with Crippen LogP contribution in [0.1, 0.15) is 126 Å². The molecule has 0 saturated heterocycles. The van der Waals surface area contributed by atoms with Crippen molar-refractivity contribution in [1.82, 2.24) is 0 Å². The van der Waals surface area contributed by atoms with Gasteiger partial charge in [0, 0.05) is 6.92 Å². The van der Waals surface area contributed by atoms with Gasteiger partial charge in [0.15, 0.2) is 0 Å². The van der Waals surface area contributed by atoms with Crippen molar-refractivity contribution in [1.29, 1.82) is 0 Å². The molecule has 4 rings (SSSR count). The lowest BCUT2D eigenvalue weighted by molar-refractivity contribution is -0.164. The van der Waals surface area contributed by atoms with Gasteiger partial charge in [-0.05, 0) is 138 Å². The Hall–Kier alpha value is -0.610. The predicted molar refractivity (Wildman–Crippen MR) is 141 cm³/mol. The van der Waals surface area contributed by atoms with Crippen molar-refractivity contribution in [3.63, 3.8) is 0 Å². The van der Waals surface area contributed by atoms with Crippen LogP contribution in [-0.2, 0) is 9.53 Å². The molecule has 0 aromatic carbocycles. The van der Waals surface area contributed by atoms with Crippen LogP contribution in [0.25, 0.3) is 0 Å². The Morgan fingerprint density at radius 2 is 1.63 bits per heavy atom. The molecule has 35 heavy (non-hydrogen) atoms. The number of hydrogen-bond acceptors (Lipinski definition) is 4. The first-order valence-electron chi connectivity index (χ1n) is 14.8. The van der Waals surface area contributed by atoms with E-state index >= 15 is 0 Å². The monoisotopic (exact) mass is 490 g/mol. The van der Waals surface area contributed by atoms with Crippen LogP contribution >= 0.6 is 0 Å². The van der Waals surface area contributed by atoms with E-state index in [1.54, 1.807) is 6.92 Å². The number of ether oxygens (including phenoxy) is 1. The van der Waals surface area contributed by atoms with Crippen molar-refractivity contribution in [2.24, 2.45) is 46.3 Å². The molecule has 4 aliphatic rings. The molecule has 0 bridgehead atoms. The Bertz CT molecular complexity index is 768. The van der Waals surface area contributed by atoms with E-state index in [1.165, 1.54) is 38.5 Å². The highest BCUT2D eigenvalue weighted by atomic mass is 16.5. The zero-order chi connectivity index (χ0) is 25.8. The lowest BCUT2D eigenvalue weighted by Gasteiger charge is -2.61. The lowest BCUT2D eigenvalue weighted by Crippen LogP contribution is -2.55. The third kappa shape index (κ3) is 4.97. The van der Waals surface area contributed by atoms with Crippen LogP contribution in [0.5, 0.6) is 0 Å². The highest BCUT2D eigenvalue weighted by Gasteiger charge is 2.62. The van der Waals surface area contributed by atoms with Crippen molar-refractivity contribution in [3.8, 4) is 0 Å². The second-order valence-electron chi connectivity index (χ2n) is 14.5. The van der Waals surface area contributed by atoms with E-state index in [2.05, 4.69) is 27.7 Å². The molecule has 4 fully saturated rings. The Kier molecular flexibility index (Phi) is 7.53. The highest BCUT2D eigenvalue weighted by molar-refractivity contribution is 5.66. The van der Waals surface area contributed by atoms with Crippen LogP contribution in [0.3, 0.4) is 0 Å². The van der Waals surface area contributed by atoms with Gasteiger partial charge >= 0.3 is 5.97 Å². The second-order valence-corrected chi connectivity index (χ2v) is 14.5. The van der Waals surface area contributed by atoms with Gasteiger partial charge in [0.05, 0.1) is 11.2 Å². The molecule has 0 amide bonds. The fraction of sp³-hybridized carbons (Fsp3) is 0.968. The quantitative estimate of drug-likeness (QED) is 0.381. The molecular weight excluding hydrogens is 436 g/mol. The maximum Gasteiger partial charge on any atom is 0.302 e. The summed E-state index contributed by atoms with van der Waals surface area (Å²) < 4.78 is 5.64. The molecule has 4 nitrogen and oxygen atoms in total. The standard InChI is InChI=1S/C31H54O4/c1-8-21(28(3,4)33)13-18-31(7,34)27-12-11-25-24-10-9-22-19-23(35-20(2)32)14-16-29(22,5)26(24)15-17-30(25,27)6/h21-27,33-34H,8-19H2,1-7H3/t21-,22+,23+,24+,25+,26+,27+,29+,30+,31+/m1/s1. The number of rotatable bonds is 7. The van der Waals surface area contributed by atoms with Gasteiger partial charge in [-0.2, -0.15) is 0 Å². The van der Waals surface area contributed by atoms with Gasteiger partial charge < -0.3 is 14.9 Å². The first-order valence-corrected chi connectivity index (χ1v) is 14.8. The van der Waals surface area contributed by atoms with E-state index < -0.39 is 11.2 Å². The summed E-state index contributed by atoms with van der Waals surface area (Å²) in [6, 6.07) is 0. The average Bonchev–Trinajstić information content (AvgIpc) is 3.11. The van der Waals surface area contributed by atoms with Gasteiger partial charge in [0.1, 0.15) is 6.10 Å². The Morgan fingerprint density at radius 1 is 0.971 bits per heavy atom. The van der Waals surface area contributed by atoms with E-state index in [0.29, 0.717) is 17.3 Å². The van der Waals surface area contributed by atoms with Gasteiger partial charge in [0.2, 0.25) is 0 Å². The minimum atomic E-state index is -0.687. The molecule has 202 valence electrons. The summed E-state index contributed by atoms with van der Waals surface area (Å²) >= 11 is 0. The molecule has 0 heterocycles. The van der Waals surface area contributed by atoms with Gasteiger partial charge in [-0.1, -0.05) is 27.2 Å². The van der Waals surface area contributed by atoms with Crippen LogP contribution in [0.2, 0.25) is 0 Å². The molecule has 4 heteroatoms. The fourth-order valence-corrected chi connectivity index (χ4v) is 10.3. The molecule has 4 saturated carbocycles. The van der Waals surface area contributed by atoms with Crippen molar-refractivity contribution in [3.05, 3.63) is 0 Å². The van der Waals surface area contributed by atoms with E-state index in [0.717, 1.165) is 56.3 Å². The summed E-state index contributed by atoms with van der Waals surface area (Å²) in [4.78, 5) is 11.5. The zero-order valence-electron chi connectivity index (χ0n) is 23.7. The summed E-state index contributed by atoms with van der Waals surface area (Å²) in [6.45, 7) is 14.7. The molecule has 0 aliphatic heterocycles. The summed E-state index contributed by atoms with van der Waals surface area (Å²) in [5.41, 5.74) is -0.756. The topological polar surface area (TPSA) is 66.8 Å². The Labute approximate surface area is 215 Å². The van der Waals surface area contributed by atoms with Gasteiger partial charge in [-0.3, -0.25) is 4.79 Å². The molecule has 0 aromatic heterocycles. The molecule has 0 spiro atoms. The van der Waals surface area contributed by atoms with Crippen LogP contribution in [-0.4, -0.2) is 33.5 Å².